The first-order valence-corrected chi connectivity index (χ1v) is 5.15. The highest BCUT2D eigenvalue weighted by atomic mass is 35.5. The van der Waals surface area contributed by atoms with Crippen LogP contribution in [-0.2, 0) is 22.1 Å². The molecule has 1 aromatic rings. The number of ether oxygens (including phenoxy) is 1. The van der Waals surface area contributed by atoms with E-state index < -0.39 is 46.8 Å². The molecule has 1 rings (SSSR count). The summed E-state index contributed by atoms with van der Waals surface area (Å²) in [6, 6.07) is 0. The molecule has 0 unspecified atom stereocenters. The van der Waals surface area contributed by atoms with E-state index in [0.29, 0.717) is 6.20 Å². The van der Waals surface area contributed by atoms with Crippen molar-refractivity contribution in [3.8, 4) is 0 Å². The van der Waals surface area contributed by atoms with Crippen molar-refractivity contribution in [2.75, 3.05) is 7.11 Å². The van der Waals surface area contributed by atoms with E-state index in [2.05, 4.69) is 9.72 Å². The first-order valence-electron chi connectivity index (χ1n) is 4.78. The van der Waals surface area contributed by atoms with Gasteiger partial charge in [0.1, 0.15) is 0 Å². The van der Waals surface area contributed by atoms with Crippen LogP contribution in [0.15, 0.2) is 6.20 Å². The highest BCUT2D eigenvalue weighted by Crippen LogP contribution is 2.41. The van der Waals surface area contributed by atoms with Crippen molar-refractivity contribution in [1.82, 2.24) is 4.98 Å². The summed E-state index contributed by atoms with van der Waals surface area (Å²) in [4.78, 5) is 14.3. The highest BCUT2D eigenvalue weighted by molar-refractivity contribution is 6.31. The molecule has 0 amide bonds. The fourth-order valence-electron chi connectivity index (χ4n) is 1.41. The summed E-state index contributed by atoms with van der Waals surface area (Å²) >= 11 is 5.27. The zero-order valence-electron chi connectivity index (χ0n) is 9.39. The fourth-order valence-corrected chi connectivity index (χ4v) is 1.67. The van der Waals surface area contributed by atoms with Crippen LogP contribution < -0.4 is 0 Å². The second kappa shape index (κ2) is 5.68. The van der Waals surface area contributed by atoms with E-state index in [-0.39, 0.29) is 0 Å². The maximum absolute atomic E-state index is 12.8. The van der Waals surface area contributed by atoms with Gasteiger partial charge in [0.05, 0.1) is 35.4 Å². The Morgan fingerprint density at radius 2 is 2.05 bits per heavy atom. The molecule has 106 valence electrons. The van der Waals surface area contributed by atoms with Crippen molar-refractivity contribution < 1.29 is 31.5 Å². The summed E-state index contributed by atoms with van der Waals surface area (Å²) in [6.07, 6.45) is -8.76. The Balaban J connectivity index is 3.46. The third-order valence-electron chi connectivity index (χ3n) is 2.19. The van der Waals surface area contributed by atoms with E-state index in [4.69, 9.17) is 11.6 Å². The summed E-state index contributed by atoms with van der Waals surface area (Å²) in [6.45, 7) is 0. The number of carbonyl (C=O) groups excluding carboxylic acids is 1. The van der Waals surface area contributed by atoms with Gasteiger partial charge in [-0.05, 0) is 0 Å². The minimum Gasteiger partial charge on any atom is -0.469 e. The average molecular weight is 304 g/mol. The number of pyridine rings is 1. The Morgan fingerprint density at radius 3 is 2.47 bits per heavy atom. The second-order valence-electron chi connectivity index (χ2n) is 3.39. The number of methoxy groups -OCH3 is 1. The molecule has 0 saturated carbocycles. The van der Waals surface area contributed by atoms with Gasteiger partial charge in [-0.3, -0.25) is 9.78 Å². The molecule has 0 aliphatic carbocycles. The van der Waals surface area contributed by atoms with E-state index >= 15 is 0 Å². The molecule has 0 fully saturated rings. The lowest BCUT2D eigenvalue weighted by Gasteiger charge is -2.16. The maximum Gasteiger partial charge on any atom is 0.418 e. The van der Waals surface area contributed by atoms with Crippen molar-refractivity contribution >= 4 is 17.6 Å². The molecular formula is C10H7ClF5NO2. The third-order valence-corrected chi connectivity index (χ3v) is 2.48. The van der Waals surface area contributed by atoms with Crippen molar-refractivity contribution in [1.29, 1.82) is 0 Å². The monoisotopic (exact) mass is 303 g/mol. The molecule has 3 nitrogen and oxygen atoms in total. The summed E-state index contributed by atoms with van der Waals surface area (Å²) in [5.41, 5.74) is -3.79. The fraction of sp³-hybridized carbons (Fsp3) is 0.400. The molecule has 9 heteroatoms. The van der Waals surface area contributed by atoms with Gasteiger partial charge in [0.25, 0.3) is 6.43 Å². The van der Waals surface area contributed by atoms with E-state index in [1.807, 2.05) is 0 Å². The number of aromatic nitrogens is 1. The van der Waals surface area contributed by atoms with Gasteiger partial charge >= 0.3 is 12.1 Å². The molecule has 1 aromatic heterocycles. The van der Waals surface area contributed by atoms with E-state index in [9.17, 15) is 26.7 Å². The second-order valence-corrected chi connectivity index (χ2v) is 3.80. The minimum absolute atomic E-state index is 0.578. The highest BCUT2D eigenvalue weighted by Gasteiger charge is 2.40. The first-order chi connectivity index (χ1) is 8.68. The zero-order valence-corrected chi connectivity index (χ0v) is 10.1. The lowest BCUT2D eigenvalue weighted by atomic mass is 10.0. The number of hydrogen-bond acceptors (Lipinski definition) is 3. The third kappa shape index (κ3) is 3.52. The molecule has 0 spiro atoms. The van der Waals surface area contributed by atoms with Gasteiger partial charge in [0.15, 0.2) is 0 Å². The predicted molar refractivity (Wildman–Crippen MR) is 54.9 cm³/mol. The number of rotatable bonds is 3. The maximum atomic E-state index is 12.8. The zero-order chi connectivity index (χ0) is 14.8. The molecule has 0 N–H and O–H groups in total. The Labute approximate surface area is 109 Å². The smallest absolute Gasteiger partial charge is 0.418 e. The topological polar surface area (TPSA) is 39.2 Å². The van der Waals surface area contributed by atoms with Crippen LogP contribution in [0.4, 0.5) is 22.0 Å². The van der Waals surface area contributed by atoms with Gasteiger partial charge in [-0.15, -0.1) is 0 Å². The van der Waals surface area contributed by atoms with Crippen LogP contribution in [-0.4, -0.2) is 18.1 Å². The average Bonchev–Trinajstić information content (AvgIpc) is 2.28. The van der Waals surface area contributed by atoms with Gasteiger partial charge in [-0.1, -0.05) is 11.6 Å². The van der Waals surface area contributed by atoms with Gasteiger partial charge < -0.3 is 4.74 Å². The normalized spacial score (nSPS) is 11.8. The van der Waals surface area contributed by atoms with Crippen LogP contribution >= 0.6 is 11.6 Å². The first kappa shape index (κ1) is 15.6. The van der Waals surface area contributed by atoms with Gasteiger partial charge in [-0.25, -0.2) is 8.78 Å². The molecule has 0 saturated heterocycles. The molecule has 0 aromatic carbocycles. The largest absolute Gasteiger partial charge is 0.469 e. The molecule has 0 atom stereocenters. The van der Waals surface area contributed by atoms with E-state index in [0.717, 1.165) is 7.11 Å². The summed E-state index contributed by atoms with van der Waals surface area (Å²) in [7, 11) is 0.977. The number of halogens is 6. The molecule has 0 bridgehead atoms. The van der Waals surface area contributed by atoms with E-state index in [1.54, 1.807) is 0 Å². The predicted octanol–water partition coefficient (Wildman–Crippen LogP) is 3.41. The van der Waals surface area contributed by atoms with Crippen molar-refractivity contribution in [2.45, 2.75) is 19.0 Å². The molecule has 0 aliphatic heterocycles. The quantitative estimate of drug-likeness (QED) is 0.634. The van der Waals surface area contributed by atoms with Gasteiger partial charge in [-0.2, -0.15) is 13.2 Å². The standard InChI is InChI=1S/C10H7ClF5NO2/c1-19-6(18)2-5-7(9(12)13)8(10(14,15)16)4(11)3-17-5/h3,9H,2H2,1H3. The summed E-state index contributed by atoms with van der Waals surface area (Å²) < 4.78 is 67.9. The lowest BCUT2D eigenvalue weighted by molar-refractivity contribution is -0.141. The molecule has 19 heavy (non-hydrogen) atoms. The molecule has 0 aliphatic rings. The van der Waals surface area contributed by atoms with Crippen LogP contribution in [0.5, 0.6) is 0 Å². The Hall–Kier alpha value is -1.44. The van der Waals surface area contributed by atoms with Gasteiger partial charge in [0, 0.05) is 6.20 Å². The van der Waals surface area contributed by atoms with Crippen LogP contribution in [0.1, 0.15) is 23.2 Å². The lowest BCUT2D eigenvalue weighted by Crippen LogP contribution is -2.16. The number of carbonyl (C=O) groups is 1. The molecular weight excluding hydrogens is 297 g/mol. The Bertz CT molecular complexity index is 490. The van der Waals surface area contributed by atoms with Crippen molar-refractivity contribution in [3.05, 3.63) is 28.0 Å². The van der Waals surface area contributed by atoms with Crippen LogP contribution in [0.2, 0.25) is 5.02 Å². The number of nitrogens with zero attached hydrogens (tertiary/aromatic N) is 1. The molecule has 0 radical (unpaired) electrons. The van der Waals surface area contributed by atoms with Gasteiger partial charge in [0.2, 0.25) is 0 Å². The summed E-state index contributed by atoms with van der Waals surface area (Å²) in [5, 5.41) is -0.948. The minimum atomic E-state index is -5.07. The van der Waals surface area contributed by atoms with Crippen molar-refractivity contribution in [2.24, 2.45) is 0 Å². The Morgan fingerprint density at radius 1 is 1.47 bits per heavy atom. The van der Waals surface area contributed by atoms with Crippen LogP contribution in [0.25, 0.3) is 0 Å². The molecule has 1 heterocycles. The SMILES string of the molecule is COC(=O)Cc1ncc(Cl)c(C(F)(F)F)c1C(F)F. The van der Waals surface area contributed by atoms with Crippen LogP contribution in [0, 0.1) is 0 Å². The summed E-state index contributed by atoms with van der Waals surface area (Å²) in [5.74, 6) is -0.982. The van der Waals surface area contributed by atoms with Crippen molar-refractivity contribution in [3.63, 3.8) is 0 Å². The number of hydrogen-bond donors (Lipinski definition) is 0. The van der Waals surface area contributed by atoms with Crippen LogP contribution in [0.3, 0.4) is 0 Å². The van der Waals surface area contributed by atoms with E-state index in [1.165, 1.54) is 0 Å². The Kier molecular flexibility index (Phi) is 4.67. The number of alkyl halides is 5. The number of esters is 1.